The van der Waals surface area contributed by atoms with Gasteiger partial charge in [0.25, 0.3) is 0 Å². The van der Waals surface area contributed by atoms with E-state index in [1.54, 1.807) is 0 Å². The minimum Gasteiger partial charge on any atom is -0.745 e. The van der Waals surface area contributed by atoms with E-state index in [4.69, 9.17) is 0 Å². The molecule has 226 valence electrons. The zero-order valence-electron chi connectivity index (χ0n) is 25.9. The number of quaternary nitrogens is 1. The normalized spacial score (nSPS) is 12.4. The van der Waals surface area contributed by atoms with Crippen molar-refractivity contribution in [3.8, 4) is 0 Å². The summed E-state index contributed by atoms with van der Waals surface area (Å²) in [5.74, 6) is 0. The molecule has 0 rings (SSSR count). The topological polar surface area (TPSA) is 57.2 Å². The predicted molar refractivity (Wildman–Crippen MR) is 160 cm³/mol. The second-order valence-electron chi connectivity index (χ2n) is 11.1. The lowest BCUT2D eigenvalue weighted by Gasteiger charge is -2.34. The van der Waals surface area contributed by atoms with Gasteiger partial charge in [-0.25, -0.2) is 12.8 Å². The second-order valence-corrected chi connectivity index (χ2v) is 12.7. The van der Waals surface area contributed by atoms with Gasteiger partial charge in [0.05, 0.1) is 26.2 Å². The number of hydrogen-bond donors (Lipinski definition) is 0. The van der Waals surface area contributed by atoms with Gasteiger partial charge < -0.3 is 9.04 Å². The van der Waals surface area contributed by atoms with E-state index in [0.717, 1.165) is 38.5 Å². The van der Waals surface area contributed by atoms with Crippen LogP contribution in [0.1, 0.15) is 170 Å². The van der Waals surface area contributed by atoms with Crippen LogP contribution in [0, 0.1) is 0 Å². The van der Waals surface area contributed by atoms with Crippen molar-refractivity contribution in [3.05, 3.63) is 0 Å². The summed E-state index contributed by atoms with van der Waals surface area (Å²) in [5.41, 5.74) is 0. The monoisotopic (exact) mass is 551 g/mol. The molecule has 37 heavy (non-hydrogen) atoms. The largest absolute Gasteiger partial charge is 0.745 e. The summed E-state index contributed by atoms with van der Waals surface area (Å²) in [7, 11) is -4.90. The summed E-state index contributed by atoms with van der Waals surface area (Å²) in [4.78, 5) is 0. The van der Waals surface area contributed by atoms with Gasteiger partial charge in [0.1, 0.15) is 10.1 Å². The summed E-state index contributed by atoms with van der Waals surface area (Å²) >= 11 is 0. The van der Waals surface area contributed by atoms with Crippen molar-refractivity contribution in [1.29, 1.82) is 0 Å². The molecule has 0 atom stereocenters. The van der Waals surface area contributed by atoms with E-state index in [0.29, 0.717) is 12.8 Å². The van der Waals surface area contributed by atoms with Crippen molar-refractivity contribution < 1.29 is 21.8 Å². The first-order chi connectivity index (χ1) is 17.6. The molecule has 0 saturated carbocycles. The van der Waals surface area contributed by atoms with Gasteiger partial charge in [0.2, 0.25) is 0 Å². The quantitative estimate of drug-likeness (QED) is 0.0644. The highest BCUT2D eigenvalue weighted by Gasteiger charge is 2.36. The Morgan fingerprint density at radius 1 is 0.514 bits per heavy atom. The standard InChI is InChI=1S/C23H47FO3S.C8H20N/c1-3-5-7-9-11-13-15-17-19-21-23(24,28(25,26)27)22-20-18-16-14-12-10-8-6-4-2;1-5-9(6-2,7-3)8-4/h3-22H2,1-2H3,(H,25,26,27);5-8H2,1-4H3/q;+1/p-1. The second kappa shape index (κ2) is 24.8. The Hall–Kier alpha value is -0.200. The van der Waals surface area contributed by atoms with Crippen LogP contribution in [-0.4, -0.2) is 48.6 Å². The van der Waals surface area contributed by atoms with Crippen molar-refractivity contribution in [2.45, 2.75) is 175 Å². The van der Waals surface area contributed by atoms with E-state index in [1.165, 1.54) is 94.9 Å². The minimum absolute atomic E-state index is 0.133. The fourth-order valence-corrected chi connectivity index (χ4v) is 5.90. The minimum atomic E-state index is -4.90. The van der Waals surface area contributed by atoms with Crippen LogP contribution in [0.5, 0.6) is 0 Å². The Kier molecular flexibility index (Phi) is 26.1. The molecule has 6 heteroatoms. The van der Waals surface area contributed by atoms with Crippen molar-refractivity contribution in [3.63, 3.8) is 0 Å². The fraction of sp³-hybridized carbons (Fsp3) is 1.00. The van der Waals surface area contributed by atoms with Crippen molar-refractivity contribution in [2.24, 2.45) is 0 Å². The Morgan fingerprint density at radius 2 is 0.757 bits per heavy atom. The third-order valence-corrected chi connectivity index (χ3v) is 9.74. The Morgan fingerprint density at radius 3 is 0.946 bits per heavy atom. The molecule has 0 heterocycles. The summed E-state index contributed by atoms with van der Waals surface area (Å²) in [6, 6.07) is 0. The molecule has 0 aromatic carbocycles. The van der Waals surface area contributed by atoms with E-state index in [-0.39, 0.29) is 12.8 Å². The van der Waals surface area contributed by atoms with Crippen molar-refractivity contribution in [1.82, 2.24) is 0 Å². The lowest BCUT2D eigenvalue weighted by Crippen LogP contribution is -2.47. The molecule has 0 aliphatic carbocycles. The molecule has 0 aromatic rings. The SMILES string of the molecule is CCCCCCCCCCCC(F)(CCCCCCCCCCC)S(=O)(=O)[O-].CC[N+](CC)(CC)CC. The van der Waals surface area contributed by atoms with Gasteiger partial charge in [-0.3, -0.25) is 0 Å². The number of halogens is 1. The number of unbranched alkanes of at least 4 members (excludes halogenated alkanes) is 16. The van der Waals surface area contributed by atoms with Crippen LogP contribution < -0.4 is 0 Å². The van der Waals surface area contributed by atoms with Crippen molar-refractivity contribution in [2.75, 3.05) is 26.2 Å². The summed E-state index contributed by atoms with van der Waals surface area (Å²) in [6.45, 7) is 18.6. The molecule has 0 aliphatic heterocycles. The number of hydrogen-bond acceptors (Lipinski definition) is 3. The molecular formula is C31H66FNO3S. The average Bonchev–Trinajstić information content (AvgIpc) is 2.88. The third-order valence-electron chi connectivity index (χ3n) is 8.44. The molecule has 0 radical (unpaired) electrons. The maximum Gasteiger partial charge on any atom is 0.199 e. The van der Waals surface area contributed by atoms with Crippen LogP contribution >= 0.6 is 0 Å². The summed E-state index contributed by atoms with van der Waals surface area (Å²) in [5, 5.41) is -2.56. The molecule has 0 N–H and O–H groups in total. The average molecular weight is 552 g/mol. The highest BCUT2D eigenvalue weighted by Crippen LogP contribution is 2.32. The Balaban J connectivity index is 0. The lowest BCUT2D eigenvalue weighted by atomic mass is 10.0. The van der Waals surface area contributed by atoms with Gasteiger partial charge in [0.15, 0.2) is 5.00 Å². The highest BCUT2D eigenvalue weighted by molar-refractivity contribution is 7.87. The molecule has 0 spiro atoms. The number of alkyl halides is 1. The van der Waals surface area contributed by atoms with Gasteiger partial charge >= 0.3 is 0 Å². The number of rotatable bonds is 25. The van der Waals surface area contributed by atoms with E-state index in [1.807, 2.05) is 0 Å². The van der Waals surface area contributed by atoms with Gasteiger partial charge in [-0.05, 0) is 53.4 Å². The smallest absolute Gasteiger partial charge is 0.199 e. The van der Waals surface area contributed by atoms with Crippen LogP contribution in [0.2, 0.25) is 0 Å². The van der Waals surface area contributed by atoms with Crippen molar-refractivity contribution >= 4 is 10.1 Å². The molecule has 0 aromatic heterocycles. The van der Waals surface area contributed by atoms with Crippen LogP contribution in [0.3, 0.4) is 0 Å². The molecule has 0 unspecified atom stereocenters. The number of nitrogens with zero attached hydrogens (tertiary/aromatic N) is 1. The van der Waals surface area contributed by atoms with Crippen LogP contribution in [-0.2, 0) is 10.1 Å². The first-order valence-corrected chi connectivity index (χ1v) is 17.5. The third kappa shape index (κ3) is 20.4. The first-order valence-electron chi connectivity index (χ1n) is 16.1. The predicted octanol–water partition coefficient (Wildman–Crippen LogP) is 9.92. The molecule has 4 nitrogen and oxygen atoms in total. The Labute approximate surface area is 232 Å². The van der Waals surface area contributed by atoms with Crippen LogP contribution in [0.15, 0.2) is 0 Å². The first kappa shape index (κ1) is 38.9. The maximum atomic E-state index is 14.8. The van der Waals surface area contributed by atoms with E-state index in [2.05, 4.69) is 41.5 Å². The van der Waals surface area contributed by atoms with Crippen LogP contribution in [0.4, 0.5) is 4.39 Å². The van der Waals surface area contributed by atoms with Gasteiger partial charge in [-0.1, -0.05) is 117 Å². The molecule has 0 bridgehead atoms. The maximum absolute atomic E-state index is 14.8. The van der Waals surface area contributed by atoms with Gasteiger partial charge in [0, 0.05) is 0 Å². The molecule has 0 aliphatic rings. The summed E-state index contributed by atoms with van der Waals surface area (Å²) < 4.78 is 50.5. The summed E-state index contributed by atoms with van der Waals surface area (Å²) in [6.07, 6.45) is 19.0. The zero-order valence-corrected chi connectivity index (χ0v) is 26.7. The van der Waals surface area contributed by atoms with E-state index in [9.17, 15) is 17.4 Å². The van der Waals surface area contributed by atoms with Gasteiger partial charge in [-0.15, -0.1) is 0 Å². The van der Waals surface area contributed by atoms with E-state index >= 15 is 0 Å². The van der Waals surface area contributed by atoms with Gasteiger partial charge in [-0.2, -0.15) is 0 Å². The molecular weight excluding hydrogens is 485 g/mol. The molecule has 0 amide bonds. The fourth-order valence-electron chi connectivity index (χ4n) is 5.12. The Bertz CT molecular complexity index is 539. The van der Waals surface area contributed by atoms with Crippen LogP contribution in [0.25, 0.3) is 0 Å². The lowest BCUT2D eigenvalue weighted by molar-refractivity contribution is -0.921. The highest BCUT2D eigenvalue weighted by atomic mass is 32.2. The molecule has 0 fully saturated rings. The molecule has 0 saturated heterocycles. The van der Waals surface area contributed by atoms with E-state index < -0.39 is 15.1 Å². The zero-order chi connectivity index (χ0) is 28.5.